The fourth-order valence-electron chi connectivity index (χ4n) is 2.44. The number of nitrogens with zero attached hydrogens (tertiary/aromatic N) is 2. The largest absolute Gasteiger partial charge is 0.277 e. The first-order valence-electron chi connectivity index (χ1n) is 6.41. The van der Waals surface area contributed by atoms with E-state index in [1.807, 2.05) is 30.5 Å². The summed E-state index contributed by atoms with van der Waals surface area (Å²) in [5.41, 5.74) is 0.940. The van der Waals surface area contributed by atoms with E-state index in [4.69, 9.17) is 5.41 Å². The molecule has 0 bridgehead atoms. The zero-order valence-corrected chi connectivity index (χ0v) is 13.8. The lowest BCUT2D eigenvalue weighted by molar-refractivity contribution is 0.376. The number of hydrazone groups is 1. The maximum absolute atomic E-state index is 11.7. The van der Waals surface area contributed by atoms with Gasteiger partial charge >= 0.3 is 0 Å². The van der Waals surface area contributed by atoms with Gasteiger partial charge in [0.2, 0.25) is 0 Å². The van der Waals surface area contributed by atoms with Crippen LogP contribution in [0.5, 0.6) is 0 Å². The Hall–Kier alpha value is -0.990. The molecule has 2 aliphatic heterocycles. The van der Waals surface area contributed by atoms with E-state index in [0.29, 0.717) is 5.17 Å². The van der Waals surface area contributed by atoms with Crippen molar-refractivity contribution >= 4 is 44.7 Å². The minimum atomic E-state index is -2.99. The number of fused-ring (bicyclic) bond motifs is 1. The van der Waals surface area contributed by atoms with E-state index in [9.17, 15) is 8.42 Å². The second-order valence-corrected chi connectivity index (χ2v) is 9.23. The second-order valence-electron chi connectivity index (χ2n) is 4.97. The summed E-state index contributed by atoms with van der Waals surface area (Å²) in [5.74, 6) is 0.245. The van der Waals surface area contributed by atoms with Gasteiger partial charge in [0.1, 0.15) is 0 Å². The highest BCUT2D eigenvalue weighted by molar-refractivity contribution is 8.15. The van der Waals surface area contributed by atoms with E-state index in [1.54, 1.807) is 23.0 Å². The molecule has 1 N–H and O–H groups in total. The molecule has 0 spiro atoms. The molecule has 5 nitrogen and oxygen atoms in total. The van der Waals surface area contributed by atoms with Crippen molar-refractivity contribution in [1.82, 2.24) is 5.01 Å². The fraction of sp³-hybridized carbons (Fsp3) is 0.385. The fourth-order valence-corrected chi connectivity index (χ4v) is 6.57. The molecule has 3 rings (SSSR count). The average Bonchev–Trinajstić information content (AvgIpc) is 2.88. The monoisotopic (exact) mass is 341 g/mol. The number of rotatable bonds is 3. The van der Waals surface area contributed by atoms with Crippen molar-refractivity contribution < 1.29 is 8.42 Å². The molecule has 0 amide bonds. The van der Waals surface area contributed by atoms with Crippen LogP contribution >= 0.6 is 23.5 Å². The molecule has 1 aromatic rings. The lowest BCUT2D eigenvalue weighted by Gasteiger charge is -2.17. The van der Waals surface area contributed by atoms with Gasteiger partial charge in [0.05, 0.1) is 23.8 Å². The van der Waals surface area contributed by atoms with Gasteiger partial charge in [-0.2, -0.15) is 5.10 Å². The Labute approximate surface area is 132 Å². The lowest BCUT2D eigenvalue weighted by Crippen LogP contribution is -2.32. The molecule has 0 aromatic heterocycles. The highest BCUT2D eigenvalue weighted by Crippen LogP contribution is 2.37. The van der Waals surface area contributed by atoms with Gasteiger partial charge in [-0.05, 0) is 24.0 Å². The van der Waals surface area contributed by atoms with Gasteiger partial charge in [0, 0.05) is 10.1 Å². The topological polar surface area (TPSA) is 73.6 Å². The van der Waals surface area contributed by atoms with Crippen LogP contribution < -0.4 is 0 Å². The number of benzene rings is 1. The number of sulfone groups is 1. The third kappa shape index (κ3) is 3.12. The Balaban J connectivity index is 1.76. The zero-order valence-electron chi connectivity index (χ0n) is 11.4. The highest BCUT2D eigenvalue weighted by atomic mass is 32.2. The number of hydrogen-bond acceptors (Lipinski definition) is 6. The number of thioether (sulfide) groups is 2. The first-order valence-corrected chi connectivity index (χ1v) is 10.3. The van der Waals surface area contributed by atoms with Gasteiger partial charge in [-0.3, -0.25) is 5.41 Å². The quantitative estimate of drug-likeness (QED) is 0.671. The second kappa shape index (κ2) is 5.66. The summed E-state index contributed by atoms with van der Waals surface area (Å²) in [5, 5.41) is 14.1. The molecule has 0 radical (unpaired) electrons. The lowest BCUT2D eigenvalue weighted by atomic mass is 10.2. The molecule has 2 heterocycles. The van der Waals surface area contributed by atoms with Gasteiger partial charge in [-0.15, -0.1) is 11.8 Å². The summed E-state index contributed by atoms with van der Waals surface area (Å²) in [4.78, 5) is 1.18. The first-order chi connectivity index (χ1) is 9.98. The number of amidine groups is 1. The molecule has 8 heteroatoms. The minimum Gasteiger partial charge on any atom is -0.277 e. The van der Waals surface area contributed by atoms with Crippen LogP contribution in [0.3, 0.4) is 0 Å². The summed E-state index contributed by atoms with van der Waals surface area (Å²) >= 11 is 2.98. The Morgan fingerprint density at radius 2 is 2.10 bits per heavy atom. The smallest absolute Gasteiger partial charge is 0.177 e. The summed E-state index contributed by atoms with van der Waals surface area (Å²) < 4.78 is 23.4. The maximum Gasteiger partial charge on any atom is 0.177 e. The third-order valence-corrected chi connectivity index (χ3v) is 7.37. The van der Waals surface area contributed by atoms with E-state index in [0.717, 1.165) is 5.56 Å². The van der Waals surface area contributed by atoms with Crippen LogP contribution in [0.1, 0.15) is 5.56 Å². The highest BCUT2D eigenvalue weighted by Gasteiger charge is 2.48. The Morgan fingerprint density at radius 1 is 1.38 bits per heavy atom. The van der Waals surface area contributed by atoms with E-state index in [2.05, 4.69) is 5.10 Å². The van der Waals surface area contributed by atoms with Gasteiger partial charge in [0.15, 0.2) is 15.0 Å². The van der Waals surface area contributed by atoms with Crippen LogP contribution in [0, 0.1) is 5.41 Å². The summed E-state index contributed by atoms with van der Waals surface area (Å²) in [6.45, 7) is 0. The van der Waals surface area contributed by atoms with Gasteiger partial charge in [0.25, 0.3) is 0 Å². The molecule has 0 aliphatic carbocycles. The van der Waals surface area contributed by atoms with Crippen LogP contribution in [0.4, 0.5) is 0 Å². The Morgan fingerprint density at radius 3 is 2.76 bits per heavy atom. The zero-order chi connectivity index (χ0) is 15.0. The molecular weight excluding hydrogens is 326 g/mol. The molecule has 21 heavy (non-hydrogen) atoms. The average molecular weight is 341 g/mol. The third-order valence-electron chi connectivity index (χ3n) is 3.50. The van der Waals surface area contributed by atoms with Crippen LogP contribution in [0.2, 0.25) is 0 Å². The molecule has 0 saturated carbocycles. The SMILES string of the molecule is CSc1ccc(/C=N\N2C(=N)S[C@@H]3CS(=O)(=O)C[C@@H]32)cc1. The van der Waals surface area contributed by atoms with Crippen LogP contribution in [-0.2, 0) is 9.84 Å². The standard InChI is InChI=1S/C13H15N3O2S3/c1-19-10-4-2-9(3-5-10)6-15-16-11-7-21(17,18)8-12(11)20-13(16)14/h2-6,11-12,14H,7-8H2,1H3/b14-13?,15-6-/t11-,12+/m0/s1. The minimum absolute atomic E-state index is 0.0569. The van der Waals surface area contributed by atoms with Crippen molar-refractivity contribution in [1.29, 1.82) is 5.41 Å². The summed E-state index contributed by atoms with van der Waals surface area (Å²) in [6.07, 6.45) is 3.71. The Kier molecular flexibility index (Phi) is 4.02. The van der Waals surface area contributed by atoms with Crippen molar-refractivity contribution in [3.8, 4) is 0 Å². The molecule has 2 saturated heterocycles. The van der Waals surface area contributed by atoms with Crippen molar-refractivity contribution in [2.24, 2.45) is 5.10 Å². The van der Waals surface area contributed by atoms with Crippen molar-refractivity contribution in [2.45, 2.75) is 16.2 Å². The predicted octanol–water partition coefficient (Wildman–Crippen LogP) is 1.89. The molecule has 2 aliphatic rings. The van der Waals surface area contributed by atoms with E-state index >= 15 is 0 Å². The van der Waals surface area contributed by atoms with Crippen LogP contribution in [-0.4, -0.2) is 53.9 Å². The number of nitrogens with one attached hydrogen (secondary N) is 1. The molecule has 2 fully saturated rings. The van der Waals surface area contributed by atoms with Crippen LogP contribution in [0.25, 0.3) is 0 Å². The molecule has 1 aromatic carbocycles. The van der Waals surface area contributed by atoms with Gasteiger partial charge in [-0.25, -0.2) is 13.4 Å². The van der Waals surface area contributed by atoms with E-state index in [1.165, 1.54) is 16.7 Å². The van der Waals surface area contributed by atoms with Crippen molar-refractivity contribution in [2.75, 3.05) is 17.8 Å². The Bertz CT molecular complexity index is 685. The molecule has 2 atom stereocenters. The molecular formula is C13H15N3O2S3. The number of hydrogen-bond donors (Lipinski definition) is 1. The van der Waals surface area contributed by atoms with Crippen molar-refractivity contribution in [3.63, 3.8) is 0 Å². The van der Waals surface area contributed by atoms with E-state index < -0.39 is 9.84 Å². The van der Waals surface area contributed by atoms with Crippen LogP contribution in [0.15, 0.2) is 34.3 Å². The van der Waals surface area contributed by atoms with Crippen molar-refractivity contribution in [3.05, 3.63) is 29.8 Å². The first kappa shape index (κ1) is 14.9. The normalized spacial score (nSPS) is 27.5. The molecule has 112 valence electrons. The van der Waals surface area contributed by atoms with E-state index in [-0.39, 0.29) is 22.8 Å². The van der Waals surface area contributed by atoms with Gasteiger partial charge < -0.3 is 0 Å². The van der Waals surface area contributed by atoms with Gasteiger partial charge in [-0.1, -0.05) is 23.9 Å². The summed E-state index contributed by atoms with van der Waals surface area (Å²) in [7, 11) is -2.99. The maximum atomic E-state index is 11.7. The molecule has 0 unspecified atom stereocenters. The summed E-state index contributed by atoms with van der Waals surface area (Å²) in [6, 6.07) is 7.75. The predicted molar refractivity (Wildman–Crippen MR) is 89.2 cm³/mol.